The zero-order valence-corrected chi connectivity index (χ0v) is 10.1. The topological polar surface area (TPSA) is 20.2 Å². The Morgan fingerprint density at radius 3 is 2.33 bits per heavy atom. The lowest BCUT2D eigenvalue weighted by molar-refractivity contribution is 0.246. The Bertz CT molecular complexity index is 391. The standard InChI is InChI=1S/C14H20O/c1-9-5-6-13(12(4)11(9)3)14(8-15)7-10(14)2/h5-6,10,15H,7-8H2,1-4H3. The quantitative estimate of drug-likeness (QED) is 0.785. The molecular weight excluding hydrogens is 184 g/mol. The van der Waals surface area contributed by atoms with Crippen LogP contribution in [0.1, 0.15) is 35.6 Å². The maximum Gasteiger partial charge on any atom is 0.0530 e. The summed E-state index contributed by atoms with van der Waals surface area (Å²) in [7, 11) is 0. The van der Waals surface area contributed by atoms with Gasteiger partial charge in [0, 0.05) is 5.41 Å². The summed E-state index contributed by atoms with van der Waals surface area (Å²) in [4.78, 5) is 0. The summed E-state index contributed by atoms with van der Waals surface area (Å²) < 4.78 is 0. The predicted molar refractivity (Wildman–Crippen MR) is 63.2 cm³/mol. The molecule has 0 aliphatic heterocycles. The molecule has 1 aliphatic rings. The van der Waals surface area contributed by atoms with E-state index in [0.717, 1.165) is 6.42 Å². The van der Waals surface area contributed by atoms with E-state index in [1.54, 1.807) is 0 Å². The molecule has 1 N–H and O–H groups in total. The van der Waals surface area contributed by atoms with E-state index >= 15 is 0 Å². The van der Waals surface area contributed by atoms with Gasteiger partial charge in [0.05, 0.1) is 6.61 Å². The molecule has 0 spiro atoms. The van der Waals surface area contributed by atoms with Crippen LogP contribution in [0.15, 0.2) is 12.1 Å². The summed E-state index contributed by atoms with van der Waals surface area (Å²) in [5.41, 5.74) is 5.52. The van der Waals surface area contributed by atoms with Crippen LogP contribution in [0.5, 0.6) is 0 Å². The van der Waals surface area contributed by atoms with Gasteiger partial charge in [-0.25, -0.2) is 0 Å². The van der Waals surface area contributed by atoms with Crippen molar-refractivity contribution >= 4 is 0 Å². The first-order valence-corrected chi connectivity index (χ1v) is 5.71. The molecular formula is C14H20O. The smallest absolute Gasteiger partial charge is 0.0530 e. The van der Waals surface area contributed by atoms with Crippen molar-refractivity contribution in [1.29, 1.82) is 0 Å². The zero-order chi connectivity index (χ0) is 11.2. The largest absolute Gasteiger partial charge is 0.395 e. The van der Waals surface area contributed by atoms with Gasteiger partial charge in [0.1, 0.15) is 0 Å². The molecule has 1 fully saturated rings. The zero-order valence-electron chi connectivity index (χ0n) is 10.1. The Morgan fingerprint density at radius 1 is 1.27 bits per heavy atom. The number of benzene rings is 1. The van der Waals surface area contributed by atoms with Crippen molar-refractivity contribution in [1.82, 2.24) is 0 Å². The number of hydrogen-bond donors (Lipinski definition) is 1. The van der Waals surface area contributed by atoms with Crippen LogP contribution in [0.3, 0.4) is 0 Å². The molecule has 2 unspecified atom stereocenters. The lowest BCUT2D eigenvalue weighted by atomic mass is 9.87. The fourth-order valence-corrected chi connectivity index (χ4v) is 2.66. The average Bonchev–Trinajstić information content (AvgIpc) is 2.87. The Morgan fingerprint density at radius 2 is 1.87 bits per heavy atom. The SMILES string of the molecule is Cc1ccc(C2(CO)CC2C)c(C)c1C. The van der Waals surface area contributed by atoms with Crippen molar-refractivity contribution < 1.29 is 5.11 Å². The predicted octanol–water partition coefficient (Wildman–Crippen LogP) is 2.88. The van der Waals surface area contributed by atoms with E-state index < -0.39 is 0 Å². The Balaban J connectivity index is 2.51. The molecule has 0 radical (unpaired) electrons. The second-order valence-corrected chi connectivity index (χ2v) is 5.10. The highest BCUT2D eigenvalue weighted by atomic mass is 16.3. The van der Waals surface area contributed by atoms with E-state index in [1.165, 1.54) is 22.3 Å². The Hall–Kier alpha value is -0.820. The van der Waals surface area contributed by atoms with E-state index in [-0.39, 0.29) is 12.0 Å². The van der Waals surface area contributed by atoms with Gasteiger partial charge in [0.25, 0.3) is 0 Å². The van der Waals surface area contributed by atoms with Gasteiger partial charge in [0.2, 0.25) is 0 Å². The molecule has 1 aliphatic carbocycles. The lowest BCUT2D eigenvalue weighted by Crippen LogP contribution is -2.17. The maximum atomic E-state index is 9.57. The third-order valence-electron chi connectivity index (χ3n) is 4.33. The van der Waals surface area contributed by atoms with Crippen LogP contribution in [-0.4, -0.2) is 11.7 Å². The van der Waals surface area contributed by atoms with Crippen molar-refractivity contribution in [2.24, 2.45) is 5.92 Å². The van der Waals surface area contributed by atoms with Crippen LogP contribution in [0.4, 0.5) is 0 Å². The van der Waals surface area contributed by atoms with E-state index in [0.29, 0.717) is 5.92 Å². The molecule has 15 heavy (non-hydrogen) atoms. The molecule has 0 amide bonds. The minimum Gasteiger partial charge on any atom is -0.395 e. The summed E-state index contributed by atoms with van der Waals surface area (Å²) in [6.45, 7) is 9.02. The third kappa shape index (κ3) is 1.41. The van der Waals surface area contributed by atoms with Gasteiger partial charge in [-0.2, -0.15) is 0 Å². The lowest BCUT2D eigenvalue weighted by Gasteiger charge is -2.19. The monoisotopic (exact) mass is 204 g/mol. The van der Waals surface area contributed by atoms with Crippen LogP contribution in [0, 0.1) is 26.7 Å². The second-order valence-electron chi connectivity index (χ2n) is 5.10. The van der Waals surface area contributed by atoms with Crippen molar-refractivity contribution in [3.63, 3.8) is 0 Å². The van der Waals surface area contributed by atoms with Gasteiger partial charge in [-0.1, -0.05) is 19.1 Å². The highest BCUT2D eigenvalue weighted by Gasteiger charge is 2.52. The molecule has 1 saturated carbocycles. The average molecular weight is 204 g/mol. The van der Waals surface area contributed by atoms with Crippen molar-refractivity contribution in [2.45, 2.75) is 39.5 Å². The minimum atomic E-state index is 0.0720. The molecule has 2 atom stereocenters. The summed E-state index contributed by atoms with van der Waals surface area (Å²) in [6, 6.07) is 4.39. The van der Waals surface area contributed by atoms with Gasteiger partial charge in [0.15, 0.2) is 0 Å². The fraction of sp³-hybridized carbons (Fsp3) is 0.571. The van der Waals surface area contributed by atoms with E-state index in [9.17, 15) is 5.11 Å². The molecule has 1 aromatic carbocycles. The number of aryl methyl sites for hydroxylation is 1. The summed E-state index contributed by atoms with van der Waals surface area (Å²) >= 11 is 0. The van der Waals surface area contributed by atoms with Crippen molar-refractivity contribution in [3.05, 3.63) is 34.4 Å². The molecule has 0 saturated heterocycles. The fourth-order valence-electron chi connectivity index (χ4n) is 2.66. The molecule has 0 heterocycles. The van der Waals surface area contributed by atoms with Gasteiger partial charge < -0.3 is 5.11 Å². The Kier molecular flexibility index (Phi) is 2.38. The molecule has 1 heteroatoms. The van der Waals surface area contributed by atoms with Crippen LogP contribution in [0.25, 0.3) is 0 Å². The molecule has 1 nitrogen and oxygen atoms in total. The first-order valence-electron chi connectivity index (χ1n) is 5.71. The first kappa shape index (κ1) is 10.7. The first-order chi connectivity index (χ1) is 7.03. The van der Waals surface area contributed by atoms with Crippen LogP contribution < -0.4 is 0 Å². The number of aliphatic hydroxyl groups is 1. The maximum absolute atomic E-state index is 9.57. The number of rotatable bonds is 2. The normalized spacial score (nSPS) is 29.3. The Labute approximate surface area is 92.1 Å². The minimum absolute atomic E-state index is 0.0720. The van der Waals surface area contributed by atoms with Gasteiger partial charge in [-0.3, -0.25) is 0 Å². The van der Waals surface area contributed by atoms with Crippen molar-refractivity contribution in [3.8, 4) is 0 Å². The molecule has 0 aromatic heterocycles. The number of aliphatic hydroxyl groups excluding tert-OH is 1. The third-order valence-corrected chi connectivity index (χ3v) is 4.33. The van der Waals surface area contributed by atoms with Gasteiger partial charge >= 0.3 is 0 Å². The second kappa shape index (κ2) is 3.34. The van der Waals surface area contributed by atoms with Crippen LogP contribution >= 0.6 is 0 Å². The molecule has 2 rings (SSSR count). The highest BCUT2D eigenvalue weighted by Crippen LogP contribution is 2.54. The molecule has 0 bridgehead atoms. The number of hydrogen-bond acceptors (Lipinski definition) is 1. The van der Waals surface area contributed by atoms with E-state index in [2.05, 4.69) is 39.8 Å². The highest BCUT2D eigenvalue weighted by molar-refractivity contribution is 5.46. The van der Waals surface area contributed by atoms with Crippen LogP contribution in [0.2, 0.25) is 0 Å². The molecule has 1 aromatic rings. The summed E-state index contributed by atoms with van der Waals surface area (Å²) in [6.07, 6.45) is 1.13. The van der Waals surface area contributed by atoms with Crippen LogP contribution in [-0.2, 0) is 5.41 Å². The van der Waals surface area contributed by atoms with E-state index in [4.69, 9.17) is 0 Å². The summed E-state index contributed by atoms with van der Waals surface area (Å²) in [5.74, 6) is 0.628. The van der Waals surface area contributed by atoms with Gasteiger partial charge in [-0.05, 0) is 55.4 Å². The van der Waals surface area contributed by atoms with E-state index in [1.807, 2.05) is 0 Å². The van der Waals surface area contributed by atoms with Crippen molar-refractivity contribution in [2.75, 3.05) is 6.61 Å². The van der Waals surface area contributed by atoms with Gasteiger partial charge in [-0.15, -0.1) is 0 Å². The summed E-state index contributed by atoms with van der Waals surface area (Å²) in [5, 5.41) is 9.57. The molecule has 82 valence electrons.